The lowest BCUT2D eigenvalue weighted by molar-refractivity contribution is 0.0519. The standard InChI is InChI=1S/C14H18N2O2/c1-4-6-7-8-9-12-10-13(14(17)18-5-2)16-11(3)15-12/h10H,4-7H2,1-3H3. The van der Waals surface area contributed by atoms with Crippen LogP contribution >= 0.6 is 0 Å². The van der Waals surface area contributed by atoms with Gasteiger partial charge in [-0.05, 0) is 26.2 Å². The number of aromatic nitrogens is 2. The highest BCUT2D eigenvalue weighted by molar-refractivity contribution is 5.87. The Balaban J connectivity index is 2.86. The fraction of sp³-hybridized carbons (Fsp3) is 0.500. The summed E-state index contributed by atoms with van der Waals surface area (Å²) in [5.74, 6) is 6.08. The SMILES string of the molecule is CCCCC#Cc1cc(C(=O)OCC)nc(C)n1. The topological polar surface area (TPSA) is 52.1 Å². The van der Waals surface area contributed by atoms with E-state index in [0.29, 0.717) is 18.1 Å². The molecule has 0 saturated heterocycles. The highest BCUT2D eigenvalue weighted by atomic mass is 16.5. The third-order valence-corrected chi connectivity index (χ3v) is 2.19. The summed E-state index contributed by atoms with van der Waals surface area (Å²) < 4.78 is 4.90. The number of unbranched alkanes of at least 4 members (excludes halogenated alkanes) is 2. The second-order valence-electron chi connectivity index (χ2n) is 3.81. The van der Waals surface area contributed by atoms with Gasteiger partial charge in [0, 0.05) is 12.5 Å². The molecule has 18 heavy (non-hydrogen) atoms. The van der Waals surface area contributed by atoms with Gasteiger partial charge in [-0.1, -0.05) is 19.3 Å². The van der Waals surface area contributed by atoms with Crippen LogP contribution in [0.5, 0.6) is 0 Å². The van der Waals surface area contributed by atoms with E-state index in [1.54, 1.807) is 19.9 Å². The van der Waals surface area contributed by atoms with Gasteiger partial charge in [0.15, 0.2) is 5.69 Å². The van der Waals surface area contributed by atoms with Crippen molar-refractivity contribution in [3.05, 3.63) is 23.3 Å². The van der Waals surface area contributed by atoms with Crippen molar-refractivity contribution in [1.82, 2.24) is 9.97 Å². The molecular formula is C14H18N2O2. The fourth-order valence-electron chi connectivity index (χ4n) is 1.36. The van der Waals surface area contributed by atoms with Crippen molar-refractivity contribution in [2.45, 2.75) is 40.0 Å². The van der Waals surface area contributed by atoms with Gasteiger partial charge in [-0.15, -0.1) is 0 Å². The Kier molecular flexibility index (Phi) is 5.86. The Morgan fingerprint density at radius 1 is 1.39 bits per heavy atom. The largest absolute Gasteiger partial charge is 0.461 e. The van der Waals surface area contributed by atoms with Crippen LogP contribution in [-0.2, 0) is 4.74 Å². The molecule has 1 aromatic heterocycles. The van der Waals surface area contributed by atoms with E-state index in [0.717, 1.165) is 19.3 Å². The van der Waals surface area contributed by atoms with Crippen LogP contribution in [-0.4, -0.2) is 22.5 Å². The summed E-state index contributed by atoms with van der Waals surface area (Å²) in [5, 5.41) is 0. The predicted molar refractivity (Wildman–Crippen MR) is 69.1 cm³/mol. The number of carbonyl (C=O) groups is 1. The average Bonchev–Trinajstić information content (AvgIpc) is 2.34. The maximum Gasteiger partial charge on any atom is 0.357 e. The quantitative estimate of drug-likeness (QED) is 0.465. The summed E-state index contributed by atoms with van der Waals surface area (Å²) in [5.41, 5.74) is 0.839. The lowest BCUT2D eigenvalue weighted by atomic mass is 10.2. The molecule has 0 aromatic carbocycles. The van der Waals surface area contributed by atoms with Crippen LogP contribution in [0, 0.1) is 18.8 Å². The Morgan fingerprint density at radius 2 is 2.17 bits per heavy atom. The summed E-state index contributed by atoms with van der Waals surface area (Å²) in [6, 6.07) is 1.57. The summed E-state index contributed by atoms with van der Waals surface area (Å²) >= 11 is 0. The number of carbonyl (C=O) groups excluding carboxylic acids is 1. The van der Waals surface area contributed by atoms with E-state index in [4.69, 9.17) is 4.74 Å². The molecule has 0 aliphatic rings. The smallest absolute Gasteiger partial charge is 0.357 e. The molecule has 0 unspecified atom stereocenters. The zero-order valence-corrected chi connectivity index (χ0v) is 11.1. The number of hydrogen-bond donors (Lipinski definition) is 0. The summed E-state index contributed by atoms with van der Waals surface area (Å²) in [6.45, 7) is 5.95. The minimum absolute atomic E-state index is 0.268. The zero-order chi connectivity index (χ0) is 13.4. The maximum atomic E-state index is 11.6. The van der Waals surface area contributed by atoms with Crippen molar-refractivity contribution in [2.75, 3.05) is 6.61 Å². The van der Waals surface area contributed by atoms with Crippen molar-refractivity contribution in [3.8, 4) is 11.8 Å². The van der Waals surface area contributed by atoms with Crippen molar-refractivity contribution < 1.29 is 9.53 Å². The van der Waals surface area contributed by atoms with Crippen LogP contribution in [0.1, 0.15) is 55.1 Å². The molecule has 0 spiro atoms. The van der Waals surface area contributed by atoms with E-state index in [1.807, 2.05) is 0 Å². The van der Waals surface area contributed by atoms with Crippen LogP contribution < -0.4 is 0 Å². The first kappa shape index (κ1) is 14.2. The molecule has 4 nitrogen and oxygen atoms in total. The minimum Gasteiger partial charge on any atom is -0.461 e. The molecule has 1 heterocycles. The molecule has 0 aliphatic carbocycles. The molecule has 0 amide bonds. The van der Waals surface area contributed by atoms with E-state index < -0.39 is 5.97 Å². The summed E-state index contributed by atoms with van der Waals surface area (Å²) in [6.07, 6.45) is 3.03. The van der Waals surface area contributed by atoms with E-state index in [9.17, 15) is 4.79 Å². The second kappa shape index (κ2) is 7.44. The Hall–Kier alpha value is -1.89. The van der Waals surface area contributed by atoms with Crippen LogP contribution in [0.2, 0.25) is 0 Å². The molecule has 0 bridgehead atoms. The van der Waals surface area contributed by atoms with Crippen LogP contribution in [0.4, 0.5) is 0 Å². The van der Waals surface area contributed by atoms with Gasteiger partial charge in [-0.2, -0.15) is 0 Å². The molecule has 0 atom stereocenters. The van der Waals surface area contributed by atoms with Crippen molar-refractivity contribution in [2.24, 2.45) is 0 Å². The molecule has 1 aromatic rings. The van der Waals surface area contributed by atoms with Crippen LogP contribution in [0.3, 0.4) is 0 Å². The first-order valence-corrected chi connectivity index (χ1v) is 6.19. The third kappa shape index (κ3) is 4.54. The monoisotopic (exact) mass is 246 g/mol. The van der Waals surface area contributed by atoms with Crippen LogP contribution in [0.25, 0.3) is 0 Å². The highest BCUT2D eigenvalue weighted by Gasteiger charge is 2.10. The number of ether oxygens (including phenoxy) is 1. The third-order valence-electron chi connectivity index (χ3n) is 2.19. The zero-order valence-electron chi connectivity index (χ0n) is 11.1. The first-order chi connectivity index (χ1) is 8.67. The van der Waals surface area contributed by atoms with Crippen molar-refractivity contribution in [1.29, 1.82) is 0 Å². The highest BCUT2D eigenvalue weighted by Crippen LogP contribution is 2.03. The molecule has 0 saturated carbocycles. The van der Waals surface area contributed by atoms with E-state index in [-0.39, 0.29) is 5.69 Å². The number of aryl methyl sites for hydroxylation is 1. The fourth-order valence-corrected chi connectivity index (χ4v) is 1.36. The molecular weight excluding hydrogens is 228 g/mol. The van der Waals surface area contributed by atoms with Crippen LogP contribution in [0.15, 0.2) is 6.07 Å². The Morgan fingerprint density at radius 3 is 2.83 bits per heavy atom. The molecule has 0 aliphatic heterocycles. The molecule has 0 fully saturated rings. The average molecular weight is 246 g/mol. The Bertz CT molecular complexity index is 472. The van der Waals surface area contributed by atoms with Gasteiger partial charge < -0.3 is 4.74 Å². The van der Waals surface area contributed by atoms with E-state index >= 15 is 0 Å². The first-order valence-electron chi connectivity index (χ1n) is 6.19. The van der Waals surface area contributed by atoms with Crippen molar-refractivity contribution >= 4 is 5.97 Å². The van der Waals surface area contributed by atoms with Crippen molar-refractivity contribution in [3.63, 3.8) is 0 Å². The van der Waals surface area contributed by atoms with Gasteiger partial charge in [-0.25, -0.2) is 14.8 Å². The number of rotatable bonds is 4. The van der Waals surface area contributed by atoms with Gasteiger partial charge in [0.1, 0.15) is 11.5 Å². The maximum absolute atomic E-state index is 11.6. The lowest BCUT2D eigenvalue weighted by Gasteiger charge is -2.02. The molecule has 96 valence electrons. The molecule has 4 heteroatoms. The van der Waals surface area contributed by atoms with Gasteiger partial charge in [-0.3, -0.25) is 0 Å². The van der Waals surface area contributed by atoms with Gasteiger partial charge in [0.25, 0.3) is 0 Å². The Labute approximate surface area is 108 Å². The van der Waals surface area contributed by atoms with Gasteiger partial charge in [0.05, 0.1) is 6.61 Å². The summed E-state index contributed by atoms with van der Waals surface area (Å²) in [7, 11) is 0. The normalized spacial score (nSPS) is 9.50. The van der Waals surface area contributed by atoms with E-state index in [1.165, 1.54) is 0 Å². The second-order valence-corrected chi connectivity index (χ2v) is 3.81. The lowest BCUT2D eigenvalue weighted by Crippen LogP contribution is -2.09. The predicted octanol–water partition coefficient (Wildman–Crippen LogP) is 2.50. The number of esters is 1. The van der Waals surface area contributed by atoms with E-state index in [2.05, 4.69) is 28.7 Å². The van der Waals surface area contributed by atoms with Gasteiger partial charge in [0.2, 0.25) is 0 Å². The van der Waals surface area contributed by atoms with Gasteiger partial charge >= 0.3 is 5.97 Å². The number of hydrogen-bond acceptors (Lipinski definition) is 4. The molecule has 0 N–H and O–H groups in total. The minimum atomic E-state index is -0.431. The number of nitrogens with zero attached hydrogens (tertiary/aromatic N) is 2. The molecule has 0 radical (unpaired) electrons. The molecule has 1 rings (SSSR count). The summed E-state index contributed by atoms with van der Waals surface area (Å²) in [4.78, 5) is 19.8.